The maximum absolute atomic E-state index is 12.8. The van der Waals surface area contributed by atoms with Crippen LogP contribution >= 0.6 is 0 Å². The fraction of sp³-hybridized carbons (Fsp3) is 0.417. The Labute approximate surface area is 167 Å². The molecule has 28 heavy (non-hydrogen) atoms. The van der Waals surface area contributed by atoms with Gasteiger partial charge in [0, 0.05) is 30.1 Å². The van der Waals surface area contributed by atoms with Crippen molar-refractivity contribution in [3.63, 3.8) is 0 Å². The molecule has 1 aliphatic rings. The topological polar surface area (TPSA) is 49.4 Å². The number of nitrogens with one attached hydrogen (secondary N) is 1. The third-order valence-corrected chi connectivity index (χ3v) is 5.40. The second-order valence-electron chi connectivity index (χ2n) is 8.47. The zero-order valence-corrected chi connectivity index (χ0v) is 17.1. The minimum atomic E-state index is -0.302. The van der Waals surface area contributed by atoms with E-state index in [0.717, 1.165) is 6.42 Å². The number of aryl methyl sites for hydroxylation is 1. The van der Waals surface area contributed by atoms with Crippen LogP contribution in [0.4, 0.5) is 0 Å². The van der Waals surface area contributed by atoms with Gasteiger partial charge in [-0.2, -0.15) is 0 Å². The average Bonchev–Trinajstić information content (AvgIpc) is 2.69. The van der Waals surface area contributed by atoms with Crippen LogP contribution in [0, 0.1) is 12.8 Å². The van der Waals surface area contributed by atoms with Gasteiger partial charge in [0.2, 0.25) is 5.91 Å². The van der Waals surface area contributed by atoms with Crippen LogP contribution in [0.15, 0.2) is 54.6 Å². The molecule has 2 aromatic rings. The Morgan fingerprint density at radius 2 is 1.61 bits per heavy atom. The Kier molecular flexibility index (Phi) is 6.18. The fourth-order valence-corrected chi connectivity index (χ4v) is 3.80. The second-order valence-corrected chi connectivity index (χ2v) is 8.47. The summed E-state index contributed by atoms with van der Waals surface area (Å²) in [7, 11) is 0. The van der Waals surface area contributed by atoms with Gasteiger partial charge in [0.05, 0.1) is 0 Å². The molecule has 0 atom stereocenters. The van der Waals surface area contributed by atoms with E-state index < -0.39 is 0 Å². The standard InChI is InChI=1S/C24H30N2O2/c1-18-9-11-19(12-10-18)17-24(2,3)25-22(27)20-13-15-26(16-14-20)23(28)21-7-5-4-6-8-21/h4-12,20H,13-17H2,1-3H3,(H,25,27). The summed E-state index contributed by atoms with van der Waals surface area (Å²) in [5.41, 5.74) is 2.87. The van der Waals surface area contributed by atoms with E-state index in [1.54, 1.807) is 0 Å². The maximum atomic E-state index is 12.8. The third-order valence-electron chi connectivity index (χ3n) is 5.40. The normalized spacial score (nSPS) is 15.3. The number of benzene rings is 2. The summed E-state index contributed by atoms with van der Waals surface area (Å²) < 4.78 is 0. The van der Waals surface area contributed by atoms with Gasteiger partial charge in [0.15, 0.2) is 0 Å². The van der Waals surface area contributed by atoms with Crippen LogP contribution in [0.3, 0.4) is 0 Å². The molecule has 0 saturated carbocycles. The summed E-state index contributed by atoms with van der Waals surface area (Å²) in [5.74, 6) is 0.125. The first-order chi connectivity index (χ1) is 13.3. The van der Waals surface area contributed by atoms with Crippen LogP contribution in [-0.4, -0.2) is 35.3 Å². The van der Waals surface area contributed by atoms with Gasteiger partial charge in [-0.25, -0.2) is 0 Å². The van der Waals surface area contributed by atoms with Crippen LogP contribution < -0.4 is 5.32 Å². The molecule has 1 N–H and O–H groups in total. The molecule has 1 aliphatic heterocycles. The molecule has 0 radical (unpaired) electrons. The number of hydrogen-bond donors (Lipinski definition) is 1. The largest absolute Gasteiger partial charge is 0.351 e. The van der Waals surface area contributed by atoms with E-state index in [4.69, 9.17) is 0 Å². The summed E-state index contributed by atoms with van der Waals surface area (Å²) in [5, 5.41) is 3.22. The zero-order valence-electron chi connectivity index (χ0n) is 17.1. The number of nitrogens with zero attached hydrogens (tertiary/aromatic N) is 1. The lowest BCUT2D eigenvalue weighted by Crippen LogP contribution is -2.50. The highest BCUT2D eigenvalue weighted by atomic mass is 16.2. The Bertz CT molecular complexity index is 804. The number of likely N-dealkylation sites (tertiary alicyclic amines) is 1. The maximum Gasteiger partial charge on any atom is 0.253 e. The van der Waals surface area contributed by atoms with Crippen molar-refractivity contribution >= 4 is 11.8 Å². The smallest absolute Gasteiger partial charge is 0.253 e. The van der Waals surface area contributed by atoms with E-state index in [2.05, 4.69) is 50.4 Å². The summed E-state index contributed by atoms with van der Waals surface area (Å²) in [6.07, 6.45) is 2.22. The molecule has 0 aliphatic carbocycles. The number of carbonyl (C=O) groups excluding carboxylic acids is 2. The number of rotatable bonds is 5. The van der Waals surface area contributed by atoms with E-state index in [9.17, 15) is 9.59 Å². The SMILES string of the molecule is Cc1ccc(CC(C)(C)NC(=O)C2CCN(C(=O)c3ccccc3)CC2)cc1. The van der Waals surface area contributed by atoms with Gasteiger partial charge in [-0.3, -0.25) is 9.59 Å². The first kappa shape index (κ1) is 20.1. The molecule has 2 aromatic carbocycles. The van der Waals surface area contributed by atoms with Gasteiger partial charge in [0.25, 0.3) is 5.91 Å². The summed E-state index contributed by atoms with van der Waals surface area (Å²) in [4.78, 5) is 27.2. The second kappa shape index (κ2) is 8.59. The first-order valence-electron chi connectivity index (χ1n) is 10.1. The molecule has 3 rings (SSSR count). The van der Waals surface area contributed by atoms with E-state index >= 15 is 0 Å². The van der Waals surface area contributed by atoms with Gasteiger partial charge in [-0.15, -0.1) is 0 Å². The minimum absolute atomic E-state index is 0.0304. The molecular formula is C24H30N2O2. The Morgan fingerprint density at radius 1 is 1.00 bits per heavy atom. The molecule has 4 heteroatoms. The van der Waals surface area contributed by atoms with Crippen molar-refractivity contribution in [3.8, 4) is 0 Å². The lowest BCUT2D eigenvalue weighted by molar-refractivity contribution is -0.127. The summed E-state index contributed by atoms with van der Waals surface area (Å²) in [6, 6.07) is 17.8. The minimum Gasteiger partial charge on any atom is -0.351 e. The molecule has 2 amide bonds. The van der Waals surface area contributed by atoms with Crippen LogP contribution in [0.1, 0.15) is 48.2 Å². The van der Waals surface area contributed by atoms with Crippen molar-refractivity contribution in [3.05, 3.63) is 71.3 Å². The highest BCUT2D eigenvalue weighted by Gasteiger charge is 2.30. The molecule has 1 heterocycles. The number of carbonyl (C=O) groups is 2. The van der Waals surface area contributed by atoms with Gasteiger partial charge in [0.1, 0.15) is 0 Å². The van der Waals surface area contributed by atoms with Crippen molar-refractivity contribution in [2.24, 2.45) is 5.92 Å². The van der Waals surface area contributed by atoms with Crippen LogP contribution in [0.2, 0.25) is 0 Å². The fourth-order valence-electron chi connectivity index (χ4n) is 3.80. The molecule has 0 unspecified atom stereocenters. The Hall–Kier alpha value is -2.62. The van der Waals surface area contributed by atoms with Crippen molar-refractivity contribution < 1.29 is 9.59 Å². The highest BCUT2D eigenvalue weighted by molar-refractivity contribution is 5.94. The monoisotopic (exact) mass is 378 g/mol. The molecular weight excluding hydrogens is 348 g/mol. The van der Waals surface area contributed by atoms with Crippen molar-refractivity contribution in [1.82, 2.24) is 10.2 Å². The molecule has 1 fully saturated rings. The predicted molar refractivity (Wildman–Crippen MR) is 112 cm³/mol. The predicted octanol–water partition coefficient (Wildman–Crippen LogP) is 3.98. The van der Waals surface area contributed by atoms with E-state index in [1.807, 2.05) is 35.2 Å². The van der Waals surface area contributed by atoms with Crippen LogP contribution in [0.25, 0.3) is 0 Å². The molecule has 148 valence electrons. The molecule has 1 saturated heterocycles. The van der Waals surface area contributed by atoms with E-state index in [0.29, 0.717) is 31.5 Å². The van der Waals surface area contributed by atoms with Gasteiger partial charge in [-0.1, -0.05) is 48.0 Å². The van der Waals surface area contributed by atoms with E-state index in [1.165, 1.54) is 11.1 Å². The van der Waals surface area contributed by atoms with E-state index in [-0.39, 0.29) is 23.3 Å². The van der Waals surface area contributed by atoms with Crippen LogP contribution in [0.5, 0.6) is 0 Å². The number of amides is 2. The average molecular weight is 379 g/mol. The van der Waals surface area contributed by atoms with Gasteiger partial charge >= 0.3 is 0 Å². The molecule has 0 aromatic heterocycles. The number of piperidine rings is 1. The Morgan fingerprint density at radius 3 is 2.21 bits per heavy atom. The molecule has 4 nitrogen and oxygen atoms in total. The first-order valence-corrected chi connectivity index (χ1v) is 10.1. The molecule has 0 spiro atoms. The van der Waals surface area contributed by atoms with Crippen LogP contribution in [-0.2, 0) is 11.2 Å². The lowest BCUT2D eigenvalue weighted by atomic mass is 9.91. The lowest BCUT2D eigenvalue weighted by Gasteiger charge is -2.34. The van der Waals surface area contributed by atoms with Gasteiger partial charge in [-0.05, 0) is 57.7 Å². The van der Waals surface area contributed by atoms with Crippen molar-refractivity contribution in [2.45, 2.75) is 45.6 Å². The highest BCUT2D eigenvalue weighted by Crippen LogP contribution is 2.21. The van der Waals surface area contributed by atoms with Gasteiger partial charge < -0.3 is 10.2 Å². The quantitative estimate of drug-likeness (QED) is 0.855. The van der Waals surface area contributed by atoms with Crippen molar-refractivity contribution in [2.75, 3.05) is 13.1 Å². The summed E-state index contributed by atoms with van der Waals surface area (Å²) >= 11 is 0. The third kappa shape index (κ3) is 5.22. The zero-order chi connectivity index (χ0) is 20.1. The number of hydrogen-bond acceptors (Lipinski definition) is 2. The molecule has 0 bridgehead atoms. The summed E-state index contributed by atoms with van der Waals surface area (Å²) in [6.45, 7) is 7.47. The van der Waals surface area contributed by atoms with Crippen molar-refractivity contribution in [1.29, 1.82) is 0 Å². The Balaban J connectivity index is 1.51.